The summed E-state index contributed by atoms with van der Waals surface area (Å²) in [6.07, 6.45) is -0.198. The number of hydrogen-bond acceptors (Lipinski definition) is 3. The minimum atomic E-state index is -2.28. The molecule has 0 aliphatic heterocycles. The van der Waals surface area contributed by atoms with E-state index < -0.39 is 15.0 Å². The maximum absolute atomic E-state index is 6.65. The predicted octanol–water partition coefficient (Wildman–Crippen LogP) is 6.11. The Kier molecular flexibility index (Phi) is 7.33. The first-order valence-corrected chi connectivity index (χ1v) is 11.6. The molecular formula is C26H24AlNO2. The Hall–Kier alpha value is -2.87. The second-order valence-electron chi connectivity index (χ2n) is 6.98. The fourth-order valence-electron chi connectivity index (χ4n) is 3.26. The summed E-state index contributed by atoms with van der Waals surface area (Å²) in [6, 6.07) is 40.9. The third kappa shape index (κ3) is 5.82. The highest BCUT2D eigenvalue weighted by molar-refractivity contribution is 6.48. The van der Waals surface area contributed by atoms with Crippen molar-refractivity contribution in [2.45, 2.75) is 12.7 Å². The average molecular weight is 409 g/mol. The minimum Gasteiger partial charge on any atom is -0.456 e. The van der Waals surface area contributed by atoms with Gasteiger partial charge in [0.2, 0.25) is 0 Å². The van der Waals surface area contributed by atoms with Gasteiger partial charge >= 0.3 is 15.0 Å². The molecule has 0 aliphatic rings. The number of para-hydroxylation sites is 1. The first-order valence-electron chi connectivity index (χ1n) is 10.1. The van der Waals surface area contributed by atoms with Crippen LogP contribution in [-0.2, 0) is 14.2 Å². The monoisotopic (exact) mass is 409 g/mol. The molecule has 0 fully saturated rings. The van der Waals surface area contributed by atoms with E-state index in [2.05, 4.69) is 40.7 Å². The molecule has 4 heteroatoms. The molecule has 0 atom stereocenters. The molecule has 0 saturated carbocycles. The molecule has 0 amide bonds. The summed E-state index contributed by atoms with van der Waals surface area (Å²) in [5.74, 6) is 0. The molecule has 4 aromatic rings. The maximum Gasteiger partial charge on any atom is 0.847 e. The minimum absolute atomic E-state index is 0.198. The van der Waals surface area contributed by atoms with Crippen molar-refractivity contribution < 1.29 is 7.58 Å². The van der Waals surface area contributed by atoms with Crippen molar-refractivity contribution in [3.8, 4) is 0 Å². The van der Waals surface area contributed by atoms with Crippen LogP contribution in [0.1, 0.15) is 22.8 Å². The molecule has 0 heterocycles. The molecule has 4 rings (SSSR count). The van der Waals surface area contributed by atoms with Crippen molar-refractivity contribution in [1.82, 2.24) is 0 Å². The third-order valence-electron chi connectivity index (χ3n) is 4.77. The van der Waals surface area contributed by atoms with Crippen LogP contribution in [0, 0.1) is 0 Å². The van der Waals surface area contributed by atoms with Crippen LogP contribution in [0.4, 0.5) is 5.69 Å². The van der Waals surface area contributed by atoms with E-state index in [1.165, 1.54) is 0 Å². The SMILES string of the molecule is c1ccc(C[O][Al]([NH]c2ccccc2)[O]C(c2ccccc2)c2ccccc2)cc1. The fraction of sp³-hybridized carbons (Fsp3) is 0.0769. The van der Waals surface area contributed by atoms with E-state index >= 15 is 0 Å². The zero-order valence-corrected chi connectivity index (χ0v) is 17.9. The second-order valence-corrected chi connectivity index (χ2v) is 8.53. The summed E-state index contributed by atoms with van der Waals surface area (Å²) in [5, 5.41) is 0. The van der Waals surface area contributed by atoms with E-state index in [-0.39, 0.29) is 6.10 Å². The molecule has 1 N–H and O–H groups in total. The Morgan fingerprint density at radius 3 is 1.60 bits per heavy atom. The van der Waals surface area contributed by atoms with Gasteiger partial charge in [-0.05, 0) is 28.8 Å². The lowest BCUT2D eigenvalue weighted by Crippen LogP contribution is -2.34. The zero-order chi connectivity index (χ0) is 20.4. The van der Waals surface area contributed by atoms with Crippen molar-refractivity contribution in [2.24, 2.45) is 0 Å². The van der Waals surface area contributed by atoms with Gasteiger partial charge < -0.3 is 11.9 Å². The molecule has 0 radical (unpaired) electrons. The Morgan fingerprint density at radius 2 is 1.07 bits per heavy atom. The van der Waals surface area contributed by atoms with Gasteiger partial charge in [-0.25, -0.2) is 0 Å². The van der Waals surface area contributed by atoms with Gasteiger partial charge in [-0.3, -0.25) is 0 Å². The number of hydrogen-bond donors (Lipinski definition) is 1. The summed E-state index contributed by atoms with van der Waals surface area (Å²) in [6.45, 7) is 0.508. The Morgan fingerprint density at radius 1 is 0.600 bits per heavy atom. The smallest absolute Gasteiger partial charge is 0.456 e. The van der Waals surface area contributed by atoms with Gasteiger partial charge in [0.1, 0.15) is 0 Å². The van der Waals surface area contributed by atoms with Crippen LogP contribution in [0.25, 0.3) is 0 Å². The lowest BCUT2D eigenvalue weighted by Gasteiger charge is -2.24. The quantitative estimate of drug-likeness (QED) is 0.339. The molecule has 0 spiro atoms. The van der Waals surface area contributed by atoms with Crippen LogP contribution in [-0.4, -0.2) is 15.0 Å². The van der Waals surface area contributed by atoms with Crippen molar-refractivity contribution in [3.63, 3.8) is 0 Å². The average Bonchev–Trinajstić information content (AvgIpc) is 2.83. The van der Waals surface area contributed by atoms with Gasteiger partial charge in [-0.15, -0.1) is 0 Å². The van der Waals surface area contributed by atoms with Gasteiger partial charge in [0.05, 0.1) is 6.10 Å². The number of rotatable bonds is 9. The van der Waals surface area contributed by atoms with Crippen LogP contribution in [0.15, 0.2) is 121 Å². The van der Waals surface area contributed by atoms with E-state index in [4.69, 9.17) is 7.58 Å². The third-order valence-corrected chi connectivity index (χ3v) is 6.32. The fourth-order valence-corrected chi connectivity index (χ4v) is 4.86. The Labute approximate surface area is 183 Å². The molecule has 0 aliphatic carbocycles. The van der Waals surface area contributed by atoms with Crippen LogP contribution in [0.3, 0.4) is 0 Å². The van der Waals surface area contributed by atoms with Crippen molar-refractivity contribution in [2.75, 3.05) is 4.30 Å². The molecule has 0 saturated heterocycles. The van der Waals surface area contributed by atoms with Crippen molar-refractivity contribution in [1.29, 1.82) is 0 Å². The molecule has 148 valence electrons. The van der Waals surface area contributed by atoms with Crippen LogP contribution >= 0.6 is 0 Å². The predicted molar refractivity (Wildman–Crippen MR) is 123 cm³/mol. The van der Waals surface area contributed by atoms with E-state index in [1.807, 2.05) is 84.9 Å². The van der Waals surface area contributed by atoms with Crippen molar-refractivity contribution >= 4 is 20.7 Å². The molecule has 30 heavy (non-hydrogen) atoms. The summed E-state index contributed by atoms with van der Waals surface area (Å²) in [7, 11) is 0. The first kappa shape index (κ1) is 20.4. The molecule has 0 unspecified atom stereocenters. The number of anilines is 1. The van der Waals surface area contributed by atoms with Gasteiger partial charge in [0, 0.05) is 12.3 Å². The van der Waals surface area contributed by atoms with E-state index in [1.54, 1.807) is 0 Å². The topological polar surface area (TPSA) is 30.5 Å². The lowest BCUT2D eigenvalue weighted by molar-refractivity contribution is 0.158. The summed E-state index contributed by atoms with van der Waals surface area (Å²) >= 11 is -2.28. The number of benzene rings is 4. The van der Waals surface area contributed by atoms with Crippen LogP contribution in [0.5, 0.6) is 0 Å². The normalized spacial score (nSPS) is 10.7. The van der Waals surface area contributed by atoms with E-state index in [9.17, 15) is 0 Å². The Balaban J connectivity index is 1.58. The molecular weight excluding hydrogens is 385 g/mol. The standard InChI is InChI=1S/C13H11O.C7H7O.C6H6N.Al/c14-13(11-7-3-1-4-8-11)12-9-5-2-6-10-12;8-6-7-4-2-1-3-5-7;7-6-4-2-1-3-5-6;/h1-10,13H;1-5H,6H2;1-5,7H;/q3*-1;+3. The molecule has 0 aromatic heterocycles. The van der Waals surface area contributed by atoms with Gasteiger partial charge in [0.15, 0.2) is 0 Å². The van der Waals surface area contributed by atoms with Crippen LogP contribution in [0.2, 0.25) is 0 Å². The summed E-state index contributed by atoms with van der Waals surface area (Å²) in [4.78, 5) is 0. The van der Waals surface area contributed by atoms with E-state index in [0.717, 1.165) is 22.4 Å². The zero-order valence-electron chi connectivity index (χ0n) is 16.7. The largest absolute Gasteiger partial charge is 0.847 e. The summed E-state index contributed by atoms with van der Waals surface area (Å²) < 4.78 is 16.5. The van der Waals surface area contributed by atoms with Gasteiger partial charge in [-0.1, -0.05) is 109 Å². The molecule has 0 bridgehead atoms. The highest BCUT2D eigenvalue weighted by atomic mass is 27.2. The van der Waals surface area contributed by atoms with Gasteiger partial charge in [0.25, 0.3) is 0 Å². The van der Waals surface area contributed by atoms with Crippen LogP contribution < -0.4 is 4.30 Å². The summed E-state index contributed by atoms with van der Waals surface area (Å²) in [5.41, 5.74) is 4.35. The number of nitrogens with one attached hydrogen (secondary N) is 1. The Bertz CT molecular complexity index is 959. The first-order chi connectivity index (χ1) is 14.9. The van der Waals surface area contributed by atoms with Gasteiger partial charge in [-0.2, -0.15) is 0 Å². The van der Waals surface area contributed by atoms with E-state index in [0.29, 0.717) is 6.61 Å². The highest BCUT2D eigenvalue weighted by Crippen LogP contribution is 2.27. The highest BCUT2D eigenvalue weighted by Gasteiger charge is 2.33. The van der Waals surface area contributed by atoms with Crippen molar-refractivity contribution in [3.05, 3.63) is 138 Å². The molecule has 4 aromatic carbocycles. The maximum atomic E-state index is 6.65. The molecule has 3 nitrogen and oxygen atoms in total. The lowest BCUT2D eigenvalue weighted by atomic mass is 10.0. The second kappa shape index (κ2) is 10.8.